The van der Waals surface area contributed by atoms with Crippen molar-refractivity contribution in [1.29, 1.82) is 0 Å². The molecule has 0 radical (unpaired) electrons. The topological polar surface area (TPSA) is 58.6 Å². The summed E-state index contributed by atoms with van der Waals surface area (Å²) in [6, 6.07) is 15.1. The molecule has 0 saturated carbocycles. The fraction of sp³-hybridized carbons (Fsp3) is 0.333. The molecule has 27 heavy (non-hydrogen) atoms. The molecule has 142 valence electrons. The lowest BCUT2D eigenvalue weighted by atomic mass is 9.96. The Kier molecular flexibility index (Phi) is 6.48. The first-order chi connectivity index (χ1) is 13.1. The van der Waals surface area contributed by atoms with E-state index in [1.165, 1.54) is 12.7 Å². The molecule has 2 aromatic carbocycles. The standard InChI is InChI=1S/C21H23ClN2O3/c1-27-21(26)18-12-17(9-10-19(18)22)23-20(25)16-8-5-11-24(14-16)13-15-6-3-2-4-7-15/h2-4,6-7,9-10,12,16H,5,8,11,13-14H2,1H3,(H,23,25). The van der Waals surface area contributed by atoms with Crippen LogP contribution in [-0.4, -0.2) is 37.0 Å². The van der Waals surface area contributed by atoms with Crippen molar-refractivity contribution in [2.75, 3.05) is 25.5 Å². The molecular weight excluding hydrogens is 364 g/mol. The van der Waals surface area contributed by atoms with E-state index >= 15 is 0 Å². The fourth-order valence-corrected chi connectivity index (χ4v) is 3.56. The Balaban J connectivity index is 1.63. The molecule has 1 saturated heterocycles. The summed E-state index contributed by atoms with van der Waals surface area (Å²) in [6.45, 7) is 2.56. The Morgan fingerprint density at radius 3 is 2.74 bits per heavy atom. The molecule has 0 aromatic heterocycles. The second kappa shape index (κ2) is 9.02. The van der Waals surface area contributed by atoms with Crippen molar-refractivity contribution < 1.29 is 14.3 Å². The quantitative estimate of drug-likeness (QED) is 0.790. The molecule has 1 fully saturated rings. The van der Waals surface area contributed by atoms with Crippen molar-refractivity contribution in [3.63, 3.8) is 0 Å². The number of ether oxygens (including phenoxy) is 1. The van der Waals surface area contributed by atoms with E-state index in [4.69, 9.17) is 16.3 Å². The molecule has 1 amide bonds. The number of piperidine rings is 1. The number of benzene rings is 2. The molecule has 0 spiro atoms. The van der Waals surface area contributed by atoms with Gasteiger partial charge in [-0.05, 0) is 43.1 Å². The van der Waals surface area contributed by atoms with Crippen LogP contribution in [0.25, 0.3) is 0 Å². The van der Waals surface area contributed by atoms with Gasteiger partial charge in [0.15, 0.2) is 0 Å². The number of likely N-dealkylation sites (tertiary alicyclic amines) is 1. The predicted octanol–water partition coefficient (Wildman–Crippen LogP) is 3.98. The third kappa shape index (κ3) is 5.08. The second-order valence-corrected chi connectivity index (χ2v) is 7.14. The Labute approximate surface area is 164 Å². The van der Waals surface area contributed by atoms with Crippen LogP contribution in [0.5, 0.6) is 0 Å². The normalized spacial score (nSPS) is 17.3. The van der Waals surface area contributed by atoms with E-state index in [1.54, 1.807) is 18.2 Å². The van der Waals surface area contributed by atoms with Crippen LogP contribution in [0.2, 0.25) is 5.02 Å². The van der Waals surface area contributed by atoms with Gasteiger partial charge in [0.25, 0.3) is 0 Å². The van der Waals surface area contributed by atoms with Gasteiger partial charge in [-0.2, -0.15) is 0 Å². The zero-order valence-electron chi connectivity index (χ0n) is 15.3. The molecule has 0 aliphatic carbocycles. The van der Waals surface area contributed by atoms with Crippen LogP contribution in [0.3, 0.4) is 0 Å². The number of carbonyl (C=O) groups is 2. The van der Waals surface area contributed by atoms with Crippen LogP contribution in [0.1, 0.15) is 28.8 Å². The van der Waals surface area contributed by atoms with E-state index in [0.29, 0.717) is 10.7 Å². The monoisotopic (exact) mass is 386 g/mol. The Morgan fingerprint density at radius 1 is 1.22 bits per heavy atom. The zero-order valence-corrected chi connectivity index (χ0v) is 16.0. The lowest BCUT2D eigenvalue weighted by molar-refractivity contribution is -0.121. The van der Waals surface area contributed by atoms with Crippen molar-refractivity contribution in [2.24, 2.45) is 5.92 Å². The fourth-order valence-electron chi connectivity index (χ4n) is 3.37. The molecule has 3 rings (SSSR count). The molecular formula is C21H23ClN2O3. The van der Waals surface area contributed by atoms with E-state index in [9.17, 15) is 9.59 Å². The average Bonchev–Trinajstić information content (AvgIpc) is 2.70. The molecule has 2 aromatic rings. The lowest BCUT2D eigenvalue weighted by Gasteiger charge is -2.32. The van der Waals surface area contributed by atoms with Crippen LogP contribution >= 0.6 is 11.6 Å². The smallest absolute Gasteiger partial charge is 0.339 e. The van der Waals surface area contributed by atoms with Gasteiger partial charge in [-0.1, -0.05) is 41.9 Å². The highest BCUT2D eigenvalue weighted by atomic mass is 35.5. The highest BCUT2D eigenvalue weighted by molar-refractivity contribution is 6.33. The van der Waals surface area contributed by atoms with Gasteiger partial charge in [-0.15, -0.1) is 0 Å². The minimum Gasteiger partial charge on any atom is -0.465 e. The van der Waals surface area contributed by atoms with Crippen LogP contribution < -0.4 is 5.32 Å². The predicted molar refractivity (Wildman–Crippen MR) is 106 cm³/mol. The first-order valence-electron chi connectivity index (χ1n) is 9.02. The van der Waals surface area contributed by atoms with Crippen LogP contribution in [0.4, 0.5) is 5.69 Å². The largest absolute Gasteiger partial charge is 0.465 e. The van der Waals surface area contributed by atoms with Gasteiger partial charge in [0, 0.05) is 18.8 Å². The molecule has 1 N–H and O–H groups in total. The van der Waals surface area contributed by atoms with Crippen LogP contribution in [0.15, 0.2) is 48.5 Å². The summed E-state index contributed by atoms with van der Waals surface area (Å²) in [4.78, 5) is 26.8. The minimum atomic E-state index is -0.525. The second-order valence-electron chi connectivity index (χ2n) is 6.74. The maximum absolute atomic E-state index is 12.7. The van der Waals surface area contributed by atoms with Crippen molar-refractivity contribution in [2.45, 2.75) is 19.4 Å². The number of hydrogen-bond acceptors (Lipinski definition) is 4. The third-order valence-corrected chi connectivity index (χ3v) is 5.09. The van der Waals surface area contributed by atoms with Gasteiger partial charge < -0.3 is 10.1 Å². The van der Waals surface area contributed by atoms with Gasteiger partial charge >= 0.3 is 5.97 Å². The van der Waals surface area contributed by atoms with Crippen molar-refractivity contribution in [3.05, 3.63) is 64.7 Å². The summed E-state index contributed by atoms with van der Waals surface area (Å²) in [5.74, 6) is -0.645. The molecule has 0 bridgehead atoms. The number of amides is 1. The summed E-state index contributed by atoms with van der Waals surface area (Å²) in [7, 11) is 1.30. The minimum absolute atomic E-state index is 0.0362. The Bertz CT molecular complexity index is 810. The number of nitrogens with zero attached hydrogens (tertiary/aromatic N) is 1. The van der Waals surface area contributed by atoms with E-state index in [2.05, 4.69) is 22.3 Å². The first kappa shape index (κ1) is 19.4. The SMILES string of the molecule is COC(=O)c1cc(NC(=O)C2CCCN(Cc3ccccc3)C2)ccc1Cl. The van der Waals surface area contributed by atoms with Gasteiger partial charge in [-0.25, -0.2) is 4.79 Å². The molecule has 1 heterocycles. The van der Waals surface area contributed by atoms with E-state index < -0.39 is 5.97 Å². The molecule has 1 aliphatic rings. The van der Waals surface area contributed by atoms with E-state index in [-0.39, 0.29) is 17.4 Å². The summed E-state index contributed by atoms with van der Waals surface area (Å²) < 4.78 is 4.72. The highest BCUT2D eigenvalue weighted by Crippen LogP contribution is 2.24. The number of hydrogen-bond donors (Lipinski definition) is 1. The number of methoxy groups -OCH3 is 1. The van der Waals surface area contributed by atoms with Crippen molar-refractivity contribution >= 4 is 29.2 Å². The Hall–Kier alpha value is -2.37. The first-order valence-corrected chi connectivity index (χ1v) is 9.39. The number of carbonyl (C=O) groups excluding carboxylic acids is 2. The maximum Gasteiger partial charge on any atom is 0.339 e. The lowest BCUT2D eigenvalue weighted by Crippen LogP contribution is -2.40. The average molecular weight is 387 g/mol. The summed E-state index contributed by atoms with van der Waals surface area (Å²) in [5, 5.41) is 3.21. The number of nitrogens with one attached hydrogen (secondary N) is 1. The number of halogens is 1. The number of anilines is 1. The van der Waals surface area contributed by atoms with E-state index in [1.807, 2.05) is 18.2 Å². The van der Waals surface area contributed by atoms with Gasteiger partial charge in [0.1, 0.15) is 0 Å². The van der Waals surface area contributed by atoms with Gasteiger partial charge in [0.05, 0.1) is 23.6 Å². The van der Waals surface area contributed by atoms with Gasteiger partial charge in [-0.3, -0.25) is 9.69 Å². The zero-order chi connectivity index (χ0) is 19.2. The summed E-state index contributed by atoms with van der Waals surface area (Å²) in [5.41, 5.74) is 2.04. The third-order valence-electron chi connectivity index (χ3n) is 4.76. The number of rotatable bonds is 5. The van der Waals surface area contributed by atoms with Crippen molar-refractivity contribution in [1.82, 2.24) is 4.90 Å². The summed E-state index contributed by atoms with van der Waals surface area (Å²) in [6.07, 6.45) is 1.84. The molecule has 1 unspecified atom stereocenters. The van der Waals surface area contributed by atoms with Crippen LogP contribution in [-0.2, 0) is 16.1 Å². The number of esters is 1. The Morgan fingerprint density at radius 2 is 2.00 bits per heavy atom. The van der Waals surface area contributed by atoms with Gasteiger partial charge in [0.2, 0.25) is 5.91 Å². The summed E-state index contributed by atoms with van der Waals surface area (Å²) >= 11 is 6.03. The molecule has 1 aliphatic heterocycles. The van der Waals surface area contributed by atoms with Crippen molar-refractivity contribution in [3.8, 4) is 0 Å². The highest BCUT2D eigenvalue weighted by Gasteiger charge is 2.26. The molecule has 6 heteroatoms. The molecule has 5 nitrogen and oxygen atoms in total. The maximum atomic E-state index is 12.7. The molecule has 1 atom stereocenters. The van der Waals surface area contributed by atoms with Crippen LogP contribution in [0, 0.1) is 5.92 Å². The van der Waals surface area contributed by atoms with E-state index in [0.717, 1.165) is 32.5 Å².